The Bertz CT molecular complexity index is 830. The minimum absolute atomic E-state index is 0.0510. The van der Waals surface area contributed by atoms with Crippen LogP contribution in [0.5, 0.6) is 0 Å². The van der Waals surface area contributed by atoms with Crippen molar-refractivity contribution >= 4 is 5.78 Å². The van der Waals surface area contributed by atoms with Gasteiger partial charge in [-0.15, -0.1) is 0 Å². The number of carbonyl (C=O) groups is 1. The Morgan fingerprint density at radius 1 is 0.786 bits per heavy atom. The predicted octanol–water partition coefficient (Wildman–Crippen LogP) is 6.20. The van der Waals surface area contributed by atoms with Crippen molar-refractivity contribution < 1.29 is 15.0 Å². The SMILES string of the molecule is C=C(O)C(C)(C)Cc1cccc(C(=O)c2cccc(CC(C)(C)C(=C)O)c2)c1. The molecule has 0 aliphatic heterocycles. The second kappa shape index (κ2) is 8.05. The Balaban J connectivity index is 2.27. The van der Waals surface area contributed by atoms with E-state index >= 15 is 0 Å². The lowest BCUT2D eigenvalue weighted by molar-refractivity contribution is 0.103. The molecular formula is C25H30O3. The van der Waals surface area contributed by atoms with E-state index in [2.05, 4.69) is 13.2 Å². The Morgan fingerprint density at radius 3 is 1.46 bits per heavy atom. The lowest BCUT2D eigenvalue weighted by atomic mass is 9.83. The van der Waals surface area contributed by atoms with Gasteiger partial charge in [0.05, 0.1) is 11.5 Å². The molecule has 0 radical (unpaired) electrons. The molecule has 2 aromatic rings. The maximum absolute atomic E-state index is 13.0. The molecule has 0 fully saturated rings. The van der Waals surface area contributed by atoms with Gasteiger partial charge >= 0.3 is 0 Å². The molecular weight excluding hydrogens is 348 g/mol. The minimum atomic E-state index is -0.458. The van der Waals surface area contributed by atoms with E-state index in [-0.39, 0.29) is 17.3 Å². The van der Waals surface area contributed by atoms with Crippen LogP contribution in [0.3, 0.4) is 0 Å². The highest BCUT2D eigenvalue weighted by Crippen LogP contribution is 2.30. The molecule has 0 saturated carbocycles. The van der Waals surface area contributed by atoms with E-state index in [9.17, 15) is 15.0 Å². The molecule has 0 spiro atoms. The molecule has 28 heavy (non-hydrogen) atoms. The number of rotatable bonds is 8. The van der Waals surface area contributed by atoms with E-state index in [1.54, 1.807) is 12.1 Å². The van der Waals surface area contributed by atoms with E-state index in [1.807, 2.05) is 64.1 Å². The van der Waals surface area contributed by atoms with Gasteiger partial charge in [-0.2, -0.15) is 0 Å². The van der Waals surface area contributed by atoms with Gasteiger partial charge in [-0.05, 0) is 36.1 Å². The Hall–Kier alpha value is -2.81. The number of hydrogen-bond donors (Lipinski definition) is 2. The van der Waals surface area contributed by atoms with Crippen LogP contribution in [0.25, 0.3) is 0 Å². The second-order valence-corrected chi connectivity index (χ2v) is 8.74. The molecule has 2 N–H and O–H groups in total. The zero-order chi connectivity index (χ0) is 21.1. The van der Waals surface area contributed by atoms with Gasteiger partial charge in [-0.25, -0.2) is 0 Å². The summed E-state index contributed by atoms with van der Waals surface area (Å²) >= 11 is 0. The van der Waals surface area contributed by atoms with Crippen LogP contribution >= 0.6 is 0 Å². The number of allylic oxidation sites excluding steroid dienone is 2. The van der Waals surface area contributed by atoms with Crippen molar-refractivity contribution in [3.05, 3.63) is 95.5 Å². The zero-order valence-electron chi connectivity index (χ0n) is 17.2. The van der Waals surface area contributed by atoms with Crippen LogP contribution < -0.4 is 0 Å². The number of ketones is 1. The van der Waals surface area contributed by atoms with Crippen LogP contribution in [-0.4, -0.2) is 16.0 Å². The molecule has 0 unspecified atom stereocenters. The van der Waals surface area contributed by atoms with Gasteiger partial charge in [0.25, 0.3) is 0 Å². The van der Waals surface area contributed by atoms with E-state index in [4.69, 9.17) is 0 Å². The van der Waals surface area contributed by atoms with Crippen molar-refractivity contribution in [2.75, 3.05) is 0 Å². The van der Waals surface area contributed by atoms with Crippen LogP contribution in [0, 0.1) is 10.8 Å². The van der Waals surface area contributed by atoms with Crippen LogP contribution in [0.1, 0.15) is 54.7 Å². The lowest BCUT2D eigenvalue weighted by Gasteiger charge is -2.23. The van der Waals surface area contributed by atoms with Gasteiger partial charge in [-0.3, -0.25) is 4.79 Å². The third-order valence-corrected chi connectivity index (χ3v) is 5.23. The molecule has 0 aliphatic carbocycles. The van der Waals surface area contributed by atoms with Gasteiger partial charge in [0, 0.05) is 22.0 Å². The molecule has 0 amide bonds. The summed E-state index contributed by atoms with van der Waals surface area (Å²) in [5, 5.41) is 19.5. The molecule has 0 saturated heterocycles. The monoisotopic (exact) mass is 378 g/mol. The van der Waals surface area contributed by atoms with Crippen molar-refractivity contribution in [2.45, 2.75) is 40.5 Å². The maximum Gasteiger partial charge on any atom is 0.193 e. The second-order valence-electron chi connectivity index (χ2n) is 8.74. The normalized spacial score (nSPS) is 11.9. The third kappa shape index (κ3) is 5.13. The fraction of sp³-hybridized carbons (Fsp3) is 0.320. The molecule has 3 heteroatoms. The quantitative estimate of drug-likeness (QED) is 0.425. The van der Waals surface area contributed by atoms with Gasteiger partial charge in [0.1, 0.15) is 0 Å². The predicted molar refractivity (Wildman–Crippen MR) is 115 cm³/mol. The van der Waals surface area contributed by atoms with E-state index in [0.717, 1.165) is 11.1 Å². The zero-order valence-corrected chi connectivity index (χ0v) is 17.2. The first kappa shape index (κ1) is 21.5. The van der Waals surface area contributed by atoms with Crippen molar-refractivity contribution in [1.82, 2.24) is 0 Å². The summed E-state index contributed by atoms with van der Waals surface area (Å²) in [6.07, 6.45) is 1.19. The topological polar surface area (TPSA) is 57.5 Å². The standard InChI is InChI=1S/C25H30O3/c1-17(26)24(3,4)15-19-9-7-11-21(13-19)23(28)22-12-8-10-20(14-22)16-25(5,6)18(2)27/h7-14,26-27H,1-2,15-16H2,3-6H3. The molecule has 148 valence electrons. The summed E-state index contributed by atoms with van der Waals surface area (Å²) in [4.78, 5) is 13.0. The highest BCUT2D eigenvalue weighted by molar-refractivity contribution is 6.09. The first-order valence-corrected chi connectivity index (χ1v) is 9.42. The number of benzene rings is 2. The molecule has 0 atom stereocenters. The van der Waals surface area contributed by atoms with Crippen molar-refractivity contribution in [3.8, 4) is 0 Å². The summed E-state index contributed by atoms with van der Waals surface area (Å²) in [6.45, 7) is 15.0. The first-order valence-electron chi connectivity index (χ1n) is 9.42. The smallest absolute Gasteiger partial charge is 0.193 e. The van der Waals surface area contributed by atoms with Gasteiger partial charge in [-0.1, -0.05) is 77.3 Å². The van der Waals surface area contributed by atoms with Crippen molar-refractivity contribution in [3.63, 3.8) is 0 Å². The third-order valence-electron chi connectivity index (χ3n) is 5.23. The fourth-order valence-electron chi connectivity index (χ4n) is 3.04. The van der Waals surface area contributed by atoms with E-state index < -0.39 is 10.8 Å². The summed E-state index contributed by atoms with van der Waals surface area (Å²) in [5.74, 6) is 0.208. The molecule has 0 bridgehead atoms. The highest BCUT2D eigenvalue weighted by atomic mass is 16.3. The van der Waals surface area contributed by atoms with Crippen LogP contribution in [0.2, 0.25) is 0 Å². The Labute approximate surface area is 168 Å². The largest absolute Gasteiger partial charge is 0.512 e. The minimum Gasteiger partial charge on any atom is -0.512 e. The summed E-state index contributed by atoms with van der Waals surface area (Å²) < 4.78 is 0. The average Bonchev–Trinajstić information content (AvgIpc) is 2.60. The van der Waals surface area contributed by atoms with E-state index in [0.29, 0.717) is 24.0 Å². The average molecular weight is 379 g/mol. The summed E-state index contributed by atoms with van der Waals surface area (Å²) in [5.41, 5.74) is 2.25. The highest BCUT2D eigenvalue weighted by Gasteiger charge is 2.24. The van der Waals surface area contributed by atoms with Gasteiger partial charge < -0.3 is 10.2 Å². The van der Waals surface area contributed by atoms with Crippen LogP contribution in [0.15, 0.2) is 73.2 Å². The van der Waals surface area contributed by atoms with E-state index in [1.165, 1.54) is 0 Å². The number of carbonyl (C=O) groups excluding carboxylic acids is 1. The molecule has 3 nitrogen and oxygen atoms in total. The summed E-state index contributed by atoms with van der Waals surface area (Å²) in [6, 6.07) is 15.0. The summed E-state index contributed by atoms with van der Waals surface area (Å²) in [7, 11) is 0. The molecule has 0 aromatic heterocycles. The molecule has 2 aromatic carbocycles. The van der Waals surface area contributed by atoms with Crippen LogP contribution in [0.4, 0.5) is 0 Å². The maximum atomic E-state index is 13.0. The van der Waals surface area contributed by atoms with Crippen molar-refractivity contribution in [2.24, 2.45) is 10.8 Å². The Morgan fingerprint density at radius 2 is 1.14 bits per heavy atom. The fourth-order valence-corrected chi connectivity index (χ4v) is 3.04. The lowest BCUT2D eigenvalue weighted by Crippen LogP contribution is -2.18. The van der Waals surface area contributed by atoms with Crippen molar-refractivity contribution in [1.29, 1.82) is 0 Å². The number of aliphatic hydroxyl groups excluding tert-OH is 2. The molecule has 0 aliphatic rings. The van der Waals surface area contributed by atoms with Crippen LogP contribution in [-0.2, 0) is 12.8 Å². The number of hydrogen-bond acceptors (Lipinski definition) is 3. The molecule has 0 heterocycles. The molecule has 2 rings (SSSR count). The van der Waals surface area contributed by atoms with Gasteiger partial charge in [0.15, 0.2) is 5.78 Å². The first-order chi connectivity index (χ1) is 12.9. The Kier molecular flexibility index (Phi) is 6.18. The van der Waals surface area contributed by atoms with Gasteiger partial charge in [0.2, 0.25) is 0 Å². The number of aliphatic hydroxyl groups is 2.